The first-order chi connectivity index (χ1) is 8.09. The largest absolute Gasteiger partial charge is 0.376 e. The highest BCUT2D eigenvalue weighted by molar-refractivity contribution is 5.84. The van der Waals surface area contributed by atoms with Gasteiger partial charge in [-0.2, -0.15) is 0 Å². The van der Waals surface area contributed by atoms with Gasteiger partial charge in [-0.15, -0.1) is 0 Å². The van der Waals surface area contributed by atoms with E-state index < -0.39 is 0 Å². The maximum atomic E-state index is 11.6. The molecule has 1 saturated heterocycles. The molecule has 1 unspecified atom stereocenters. The lowest BCUT2D eigenvalue weighted by molar-refractivity contribution is -0.122. The molecule has 0 amide bonds. The second-order valence-electron chi connectivity index (χ2n) is 4.95. The van der Waals surface area contributed by atoms with E-state index in [1.54, 1.807) is 0 Å². The molecule has 1 aromatic rings. The van der Waals surface area contributed by atoms with Gasteiger partial charge in [-0.25, -0.2) is 0 Å². The highest BCUT2D eigenvalue weighted by atomic mass is 16.1. The summed E-state index contributed by atoms with van der Waals surface area (Å²) in [5, 5.41) is 0. The molecule has 0 aromatic heterocycles. The number of hydrogen-bond donors (Lipinski definition) is 0. The quantitative estimate of drug-likeness (QED) is 0.780. The van der Waals surface area contributed by atoms with Crippen molar-refractivity contribution in [3.05, 3.63) is 24.3 Å². The molecule has 1 atom stereocenters. The normalized spacial score (nSPS) is 20.5. The Morgan fingerprint density at radius 1 is 1.29 bits per heavy atom. The lowest BCUT2D eigenvalue weighted by Crippen LogP contribution is -2.40. The maximum Gasteiger partial charge on any atom is 0.139 e. The number of ketones is 1. The van der Waals surface area contributed by atoms with E-state index in [9.17, 15) is 4.79 Å². The molecule has 17 heavy (non-hydrogen) atoms. The fourth-order valence-corrected chi connectivity index (χ4v) is 2.34. The average molecular weight is 232 g/mol. The van der Waals surface area contributed by atoms with Crippen LogP contribution in [0.3, 0.4) is 0 Å². The topological polar surface area (TPSA) is 23.6 Å². The van der Waals surface area contributed by atoms with Crippen LogP contribution in [0.15, 0.2) is 24.3 Å². The number of anilines is 2. The van der Waals surface area contributed by atoms with E-state index in [4.69, 9.17) is 0 Å². The van der Waals surface area contributed by atoms with Crippen molar-refractivity contribution in [3.63, 3.8) is 0 Å². The van der Waals surface area contributed by atoms with Gasteiger partial charge in [0.15, 0.2) is 0 Å². The molecule has 0 saturated carbocycles. The molecular weight excluding hydrogens is 212 g/mol. The molecule has 0 aliphatic carbocycles. The van der Waals surface area contributed by atoms with Crippen molar-refractivity contribution < 1.29 is 4.79 Å². The van der Waals surface area contributed by atoms with Crippen LogP contribution in [0.1, 0.15) is 13.3 Å². The summed E-state index contributed by atoms with van der Waals surface area (Å²) in [4.78, 5) is 16.0. The molecule has 1 heterocycles. The fraction of sp³-hybridized carbons (Fsp3) is 0.500. The van der Waals surface area contributed by atoms with Gasteiger partial charge < -0.3 is 9.80 Å². The third kappa shape index (κ3) is 2.43. The first-order valence-electron chi connectivity index (χ1n) is 6.13. The third-order valence-electron chi connectivity index (χ3n) is 3.38. The van der Waals surface area contributed by atoms with E-state index in [-0.39, 0.29) is 5.92 Å². The number of Topliss-reactive ketones (excluding diaryl/α,β-unsaturated/α-hetero) is 1. The molecule has 3 nitrogen and oxygen atoms in total. The van der Waals surface area contributed by atoms with Gasteiger partial charge in [-0.3, -0.25) is 4.79 Å². The van der Waals surface area contributed by atoms with Crippen LogP contribution in [0, 0.1) is 5.92 Å². The standard InChI is InChI=1S/C14H20N2O/c1-11-10-16(9-8-14(11)17)13-7-5-4-6-12(13)15(2)3/h4-7,11H,8-10H2,1-3H3. The zero-order chi connectivity index (χ0) is 12.4. The van der Waals surface area contributed by atoms with Gasteiger partial charge in [-0.1, -0.05) is 19.1 Å². The monoisotopic (exact) mass is 232 g/mol. The Balaban J connectivity index is 2.25. The molecular formula is C14H20N2O. The van der Waals surface area contributed by atoms with Crippen molar-refractivity contribution in [1.82, 2.24) is 0 Å². The van der Waals surface area contributed by atoms with Crippen LogP contribution >= 0.6 is 0 Å². The Morgan fingerprint density at radius 3 is 2.65 bits per heavy atom. The molecule has 1 fully saturated rings. The Morgan fingerprint density at radius 2 is 2.00 bits per heavy atom. The van der Waals surface area contributed by atoms with Crippen molar-refractivity contribution in [2.45, 2.75) is 13.3 Å². The minimum atomic E-state index is 0.152. The van der Waals surface area contributed by atoms with E-state index in [0.29, 0.717) is 12.2 Å². The van der Waals surface area contributed by atoms with E-state index in [1.807, 2.05) is 6.92 Å². The third-order valence-corrected chi connectivity index (χ3v) is 3.38. The van der Waals surface area contributed by atoms with Crippen LogP contribution in [0.5, 0.6) is 0 Å². The number of carbonyl (C=O) groups is 1. The van der Waals surface area contributed by atoms with Crippen molar-refractivity contribution >= 4 is 17.2 Å². The summed E-state index contributed by atoms with van der Waals surface area (Å²) < 4.78 is 0. The first kappa shape index (κ1) is 12.0. The molecule has 0 N–H and O–H groups in total. The predicted molar refractivity (Wildman–Crippen MR) is 71.8 cm³/mol. The van der Waals surface area contributed by atoms with Crippen molar-refractivity contribution in [2.75, 3.05) is 37.0 Å². The predicted octanol–water partition coefficient (Wildman–Crippen LogP) is 2.17. The molecule has 0 bridgehead atoms. The molecule has 1 aliphatic rings. The Kier molecular flexibility index (Phi) is 3.36. The molecule has 3 heteroatoms. The minimum absolute atomic E-state index is 0.152. The van der Waals surface area contributed by atoms with Crippen molar-refractivity contribution in [2.24, 2.45) is 5.92 Å². The molecule has 0 radical (unpaired) electrons. The molecule has 1 aliphatic heterocycles. The zero-order valence-corrected chi connectivity index (χ0v) is 10.8. The summed E-state index contributed by atoms with van der Waals surface area (Å²) in [6, 6.07) is 8.37. The summed E-state index contributed by atoms with van der Waals surface area (Å²) in [5.74, 6) is 0.544. The van der Waals surface area contributed by atoms with Crippen molar-refractivity contribution in [3.8, 4) is 0 Å². The van der Waals surface area contributed by atoms with E-state index in [2.05, 4.69) is 48.2 Å². The van der Waals surface area contributed by atoms with Gasteiger partial charge in [0.25, 0.3) is 0 Å². The van der Waals surface area contributed by atoms with Crippen LogP contribution < -0.4 is 9.80 Å². The second kappa shape index (κ2) is 4.78. The summed E-state index contributed by atoms with van der Waals surface area (Å²) in [6.07, 6.45) is 0.670. The van der Waals surface area contributed by atoms with Gasteiger partial charge in [0, 0.05) is 39.5 Å². The number of piperidine rings is 1. The van der Waals surface area contributed by atoms with Gasteiger partial charge in [0.05, 0.1) is 11.4 Å². The molecule has 2 rings (SSSR count). The van der Waals surface area contributed by atoms with Crippen LogP contribution in [-0.4, -0.2) is 33.0 Å². The van der Waals surface area contributed by atoms with Gasteiger partial charge >= 0.3 is 0 Å². The molecule has 92 valence electrons. The van der Waals surface area contributed by atoms with E-state index in [1.165, 1.54) is 11.4 Å². The SMILES string of the molecule is CC1CN(c2ccccc2N(C)C)CCC1=O. The molecule has 1 aromatic carbocycles. The summed E-state index contributed by atoms with van der Waals surface area (Å²) in [6.45, 7) is 3.70. The molecule has 0 spiro atoms. The van der Waals surface area contributed by atoms with Crippen molar-refractivity contribution in [1.29, 1.82) is 0 Å². The lowest BCUT2D eigenvalue weighted by Gasteiger charge is -2.34. The number of nitrogens with zero attached hydrogens (tertiary/aromatic N) is 2. The van der Waals surface area contributed by atoms with Crippen LogP contribution in [0.2, 0.25) is 0 Å². The van der Waals surface area contributed by atoms with E-state index in [0.717, 1.165) is 13.1 Å². The van der Waals surface area contributed by atoms with Gasteiger partial charge in [0.1, 0.15) is 5.78 Å². The van der Waals surface area contributed by atoms with E-state index >= 15 is 0 Å². The number of para-hydroxylation sites is 2. The second-order valence-corrected chi connectivity index (χ2v) is 4.95. The van der Waals surface area contributed by atoms with Crippen LogP contribution in [-0.2, 0) is 4.79 Å². The highest BCUT2D eigenvalue weighted by Gasteiger charge is 2.24. The van der Waals surface area contributed by atoms with Crippen LogP contribution in [0.4, 0.5) is 11.4 Å². The minimum Gasteiger partial charge on any atom is -0.376 e. The number of rotatable bonds is 2. The maximum absolute atomic E-state index is 11.6. The fourth-order valence-electron chi connectivity index (χ4n) is 2.34. The van der Waals surface area contributed by atoms with Crippen LogP contribution in [0.25, 0.3) is 0 Å². The Labute approximate surface area is 103 Å². The van der Waals surface area contributed by atoms with Gasteiger partial charge in [-0.05, 0) is 12.1 Å². The Bertz CT molecular complexity index is 414. The number of carbonyl (C=O) groups excluding carboxylic acids is 1. The highest BCUT2D eigenvalue weighted by Crippen LogP contribution is 2.30. The average Bonchev–Trinajstić information content (AvgIpc) is 2.32. The number of benzene rings is 1. The lowest BCUT2D eigenvalue weighted by atomic mass is 9.98. The summed E-state index contributed by atoms with van der Waals surface area (Å²) in [7, 11) is 4.11. The Hall–Kier alpha value is -1.51. The summed E-state index contributed by atoms with van der Waals surface area (Å²) >= 11 is 0. The van der Waals surface area contributed by atoms with Gasteiger partial charge in [0.2, 0.25) is 0 Å². The first-order valence-corrected chi connectivity index (χ1v) is 6.13. The zero-order valence-electron chi connectivity index (χ0n) is 10.8. The number of hydrogen-bond acceptors (Lipinski definition) is 3. The summed E-state index contributed by atoms with van der Waals surface area (Å²) in [5.41, 5.74) is 2.45. The smallest absolute Gasteiger partial charge is 0.139 e.